The summed E-state index contributed by atoms with van der Waals surface area (Å²) in [6, 6.07) is 4.58. The highest BCUT2D eigenvalue weighted by molar-refractivity contribution is 7.99. The van der Waals surface area contributed by atoms with Crippen molar-refractivity contribution in [2.45, 2.75) is 30.6 Å². The summed E-state index contributed by atoms with van der Waals surface area (Å²) in [6.07, 6.45) is 2.62. The zero-order valence-electron chi connectivity index (χ0n) is 11.2. The molecule has 7 heteroatoms. The normalized spacial score (nSPS) is 18.3. The molecule has 3 rings (SSSR count). The van der Waals surface area contributed by atoms with Crippen LogP contribution in [0.3, 0.4) is 0 Å². The molecule has 0 bridgehead atoms. The van der Waals surface area contributed by atoms with E-state index in [0.717, 1.165) is 25.2 Å². The number of hydrogen-bond donors (Lipinski definition) is 0. The van der Waals surface area contributed by atoms with Gasteiger partial charge in [-0.1, -0.05) is 29.4 Å². The van der Waals surface area contributed by atoms with Crippen LogP contribution >= 0.6 is 23.4 Å². The predicted molar refractivity (Wildman–Crippen MR) is 78.2 cm³/mol. The maximum absolute atomic E-state index is 13.7. The molecule has 21 heavy (non-hydrogen) atoms. The quantitative estimate of drug-likeness (QED) is 0.783. The first-order valence-corrected chi connectivity index (χ1v) is 8.08. The Bertz CT molecular complexity index is 597. The second-order valence-electron chi connectivity index (χ2n) is 4.78. The number of thioether (sulfide) groups is 1. The highest BCUT2D eigenvalue weighted by Gasteiger charge is 2.18. The topological polar surface area (TPSA) is 48.2 Å². The minimum absolute atomic E-state index is 0.193. The Hall–Kier alpha value is -1.11. The molecule has 0 saturated carbocycles. The monoisotopic (exact) mass is 328 g/mol. The summed E-state index contributed by atoms with van der Waals surface area (Å²) in [7, 11) is 0. The second-order valence-corrected chi connectivity index (χ2v) is 6.16. The third-order valence-electron chi connectivity index (χ3n) is 3.25. The molecule has 1 fully saturated rings. The molecule has 1 atom stereocenters. The Labute approximate surface area is 131 Å². The van der Waals surface area contributed by atoms with E-state index < -0.39 is 0 Å². The molecular weight excluding hydrogens is 315 g/mol. The lowest BCUT2D eigenvalue weighted by molar-refractivity contribution is 0.128. The Morgan fingerprint density at radius 1 is 1.38 bits per heavy atom. The molecule has 0 amide bonds. The first-order valence-electron chi connectivity index (χ1n) is 6.72. The van der Waals surface area contributed by atoms with Crippen LogP contribution in [0.2, 0.25) is 5.02 Å². The maximum Gasteiger partial charge on any atom is 0.276 e. The van der Waals surface area contributed by atoms with Crippen LogP contribution in [0.15, 0.2) is 27.8 Å². The van der Waals surface area contributed by atoms with E-state index in [-0.39, 0.29) is 18.3 Å². The van der Waals surface area contributed by atoms with Crippen molar-refractivity contribution in [2.24, 2.45) is 0 Å². The average Bonchev–Trinajstić information content (AvgIpc) is 3.12. The summed E-state index contributed by atoms with van der Waals surface area (Å²) in [6.45, 7) is 0.825. The number of aromatic nitrogens is 2. The summed E-state index contributed by atoms with van der Waals surface area (Å²) in [4.78, 5) is 0. The number of benzene rings is 1. The van der Waals surface area contributed by atoms with Crippen LogP contribution in [-0.2, 0) is 11.2 Å². The molecule has 1 aliphatic heterocycles. The first kappa shape index (κ1) is 14.8. The Kier molecular flexibility index (Phi) is 4.77. The van der Waals surface area contributed by atoms with Crippen molar-refractivity contribution in [2.75, 3.05) is 12.4 Å². The van der Waals surface area contributed by atoms with Crippen molar-refractivity contribution in [1.82, 2.24) is 10.2 Å². The van der Waals surface area contributed by atoms with E-state index in [1.807, 2.05) is 0 Å². The lowest BCUT2D eigenvalue weighted by Crippen LogP contribution is -2.07. The van der Waals surface area contributed by atoms with Gasteiger partial charge in [0, 0.05) is 22.9 Å². The van der Waals surface area contributed by atoms with Gasteiger partial charge in [-0.25, -0.2) is 4.39 Å². The van der Waals surface area contributed by atoms with Crippen molar-refractivity contribution < 1.29 is 13.5 Å². The van der Waals surface area contributed by atoms with Crippen LogP contribution in [-0.4, -0.2) is 28.7 Å². The van der Waals surface area contributed by atoms with Gasteiger partial charge in [-0.3, -0.25) is 0 Å². The Balaban J connectivity index is 1.62. The summed E-state index contributed by atoms with van der Waals surface area (Å²) in [5, 5.41) is 8.74. The van der Waals surface area contributed by atoms with Gasteiger partial charge in [0.25, 0.3) is 5.22 Å². The molecule has 0 spiro atoms. The van der Waals surface area contributed by atoms with Crippen LogP contribution in [0.5, 0.6) is 0 Å². The smallest absolute Gasteiger partial charge is 0.276 e. The maximum atomic E-state index is 13.7. The van der Waals surface area contributed by atoms with E-state index in [4.69, 9.17) is 20.8 Å². The molecule has 1 aliphatic rings. The Morgan fingerprint density at radius 2 is 2.29 bits per heavy atom. The van der Waals surface area contributed by atoms with Crippen LogP contribution in [0, 0.1) is 5.82 Å². The first-order chi connectivity index (χ1) is 10.2. The highest BCUT2D eigenvalue weighted by atomic mass is 35.5. The third kappa shape index (κ3) is 3.75. The van der Waals surface area contributed by atoms with Gasteiger partial charge in [-0.05, 0) is 25.0 Å². The van der Waals surface area contributed by atoms with E-state index in [1.165, 1.54) is 17.8 Å². The fourth-order valence-corrected chi connectivity index (χ4v) is 3.24. The molecule has 1 aromatic heterocycles. The van der Waals surface area contributed by atoms with Crippen LogP contribution in [0.25, 0.3) is 0 Å². The molecule has 0 unspecified atom stereocenters. The van der Waals surface area contributed by atoms with Crippen molar-refractivity contribution in [3.05, 3.63) is 40.5 Å². The number of rotatable bonds is 5. The largest absolute Gasteiger partial charge is 0.416 e. The molecule has 2 heterocycles. The van der Waals surface area contributed by atoms with Crippen LogP contribution in [0.4, 0.5) is 4.39 Å². The lowest BCUT2D eigenvalue weighted by atomic mass is 10.1. The zero-order chi connectivity index (χ0) is 14.7. The van der Waals surface area contributed by atoms with Gasteiger partial charge in [0.2, 0.25) is 5.89 Å². The molecule has 112 valence electrons. The second kappa shape index (κ2) is 6.77. The zero-order valence-corrected chi connectivity index (χ0v) is 12.8. The van der Waals surface area contributed by atoms with E-state index in [2.05, 4.69) is 10.2 Å². The highest BCUT2D eigenvalue weighted by Crippen LogP contribution is 2.25. The predicted octanol–water partition coefficient (Wildman–Crippen LogP) is 3.72. The van der Waals surface area contributed by atoms with Gasteiger partial charge in [0.1, 0.15) is 5.82 Å². The van der Waals surface area contributed by atoms with Gasteiger partial charge in [0.15, 0.2) is 0 Å². The number of nitrogens with zero attached hydrogens (tertiary/aromatic N) is 2. The minimum Gasteiger partial charge on any atom is -0.416 e. The SMILES string of the molecule is Fc1cccc(Cl)c1Cc1nnc(SC[C@H]2CCCO2)o1. The molecule has 0 N–H and O–H groups in total. The van der Waals surface area contributed by atoms with Gasteiger partial charge in [-0.2, -0.15) is 0 Å². The Morgan fingerprint density at radius 3 is 3.05 bits per heavy atom. The molecule has 0 radical (unpaired) electrons. The van der Waals surface area contributed by atoms with Crippen LogP contribution < -0.4 is 0 Å². The minimum atomic E-state index is -0.366. The van der Waals surface area contributed by atoms with Gasteiger partial charge < -0.3 is 9.15 Å². The van der Waals surface area contributed by atoms with E-state index in [1.54, 1.807) is 12.1 Å². The molecule has 4 nitrogen and oxygen atoms in total. The van der Waals surface area contributed by atoms with E-state index in [0.29, 0.717) is 21.7 Å². The number of halogens is 2. The molecule has 0 aliphatic carbocycles. The third-order valence-corrected chi connectivity index (χ3v) is 4.56. The van der Waals surface area contributed by atoms with Crippen LogP contribution in [0.1, 0.15) is 24.3 Å². The number of hydrogen-bond acceptors (Lipinski definition) is 5. The van der Waals surface area contributed by atoms with E-state index >= 15 is 0 Å². The summed E-state index contributed by atoms with van der Waals surface area (Å²) >= 11 is 7.45. The van der Waals surface area contributed by atoms with Crippen molar-refractivity contribution in [1.29, 1.82) is 0 Å². The van der Waals surface area contributed by atoms with Crippen molar-refractivity contribution in [3.8, 4) is 0 Å². The lowest BCUT2D eigenvalue weighted by Gasteiger charge is -2.05. The molecular formula is C14H14ClFN2O2S. The van der Waals surface area contributed by atoms with Gasteiger partial charge in [0.05, 0.1) is 12.5 Å². The average molecular weight is 329 g/mol. The summed E-state index contributed by atoms with van der Waals surface area (Å²) in [5.74, 6) is 0.785. The fourth-order valence-electron chi connectivity index (χ4n) is 2.16. The molecule has 1 aromatic carbocycles. The summed E-state index contributed by atoms with van der Waals surface area (Å²) in [5.41, 5.74) is 0.374. The summed E-state index contributed by atoms with van der Waals surface area (Å²) < 4.78 is 24.7. The molecule has 1 saturated heterocycles. The standard InChI is InChI=1S/C14H14ClFN2O2S/c15-11-4-1-5-12(16)10(11)7-13-17-18-14(20-13)21-8-9-3-2-6-19-9/h1,4-5,9H,2-3,6-8H2/t9-/m1/s1. The fraction of sp³-hybridized carbons (Fsp3) is 0.429. The molecule has 2 aromatic rings. The van der Waals surface area contributed by atoms with E-state index in [9.17, 15) is 4.39 Å². The number of ether oxygens (including phenoxy) is 1. The van der Waals surface area contributed by atoms with Crippen molar-refractivity contribution >= 4 is 23.4 Å². The van der Waals surface area contributed by atoms with Gasteiger partial charge >= 0.3 is 0 Å². The van der Waals surface area contributed by atoms with Gasteiger partial charge in [-0.15, -0.1) is 10.2 Å². The van der Waals surface area contributed by atoms with Crippen molar-refractivity contribution in [3.63, 3.8) is 0 Å².